The molecular weight excluding hydrogens is 388 g/mol. The molecule has 1 aromatic heterocycles. The predicted molar refractivity (Wildman–Crippen MR) is 124 cm³/mol. The van der Waals surface area contributed by atoms with E-state index < -0.39 is 0 Å². The Kier molecular flexibility index (Phi) is 6.28. The lowest BCUT2D eigenvalue weighted by molar-refractivity contribution is -0.119. The van der Waals surface area contributed by atoms with Crippen LogP contribution in [0.15, 0.2) is 54.7 Å². The average molecular weight is 417 g/mol. The first-order valence-electron chi connectivity index (χ1n) is 10.7. The summed E-state index contributed by atoms with van der Waals surface area (Å²) in [6.45, 7) is 4.83. The van der Waals surface area contributed by atoms with Gasteiger partial charge in [0.25, 0.3) is 0 Å². The van der Waals surface area contributed by atoms with Gasteiger partial charge in [0, 0.05) is 36.3 Å². The summed E-state index contributed by atoms with van der Waals surface area (Å²) in [5.74, 6) is -0.109. The first kappa shape index (κ1) is 21.0. The van der Waals surface area contributed by atoms with Gasteiger partial charge in [0.2, 0.25) is 11.8 Å². The minimum Gasteiger partial charge on any atom is -0.324 e. The number of aromatic nitrogens is 1. The van der Waals surface area contributed by atoms with E-state index in [0.717, 1.165) is 40.6 Å². The number of hydrogen-bond donors (Lipinski definition) is 2. The van der Waals surface area contributed by atoms with Gasteiger partial charge < -0.3 is 10.6 Å². The Morgan fingerprint density at radius 1 is 0.968 bits per heavy atom. The van der Waals surface area contributed by atoms with Crippen LogP contribution in [0.5, 0.6) is 0 Å². The second-order valence-corrected chi connectivity index (χ2v) is 8.20. The highest BCUT2D eigenvalue weighted by Gasteiger charge is 2.30. The number of fused-ring (bicyclic) bond motifs is 1. The molecule has 31 heavy (non-hydrogen) atoms. The first-order valence-corrected chi connectivity index (χ1v) is 10.7. The highest BCUT2D eigenvalue weighted by Crippen LogP contribution is 2.27. The van der Waals surface area contributed by atoms with Gasteiger partial charge in [0.05, 0.1) is 17.7 Å². The highest BCUT2D eigenvalue weighted by molar-refractivity contribution is 6.00. The molecule has 1 fully saturated rings. The zero-order chi connectivity index (χ0) is 21.8. The molecule has 2 aromatic carbocycles. The Morgan fingerprint density at radius 2 is 1.68 bits per heavy atom. The molecule has 6 nitrogen and oxygen atoms in total. The number of para-hydroxylation sites is 2. The van der Waals surface area contributed by atoms with Crippen molar-refractivity contribution in [3.63, 3.8) is 0 Å². The fourth-order valence-corrected chi connectivity index (χ4v) is 3.87. The van der Waals surface area contributed by atoms with Crippen molar-refractivity contribution in [1.82, 2.24) is 9.88 Å². The molecule has 2 N–H and O–H groups in total. The van der Waals surface area contributed by atoms with E-state index in [0.29, 0.717) is 31.2 Å². The molecule has 2 amide bonds. The molecule has 0 aliphatic heterocycles. The Labute approximate surface area is 182 Å². The fraction of sp³-hybridized carbons (Fsp3) is 0.320. The van der Waals surface area contributed by atoms with Gasteiger partial charge in [-0.15, -0.1) is 0 Å². The number of benzene rings is 2. The number of carbonyl (C=O) groups excluding carboxylic acids is 2. The highest BCUT2D eigenvalue weighted by atomic mass is 16.2. The van der Waals surface area contributed by atoms with Crippen molar-refractivity contribution >= 4 is 34.1 Å². The summed E-state index contributed by atoms with van der Waals surface area (Å²) in [4.78, 5) is 31.8. The number of aryl methyl sites for hydroxylation is 2. The van der Waals surface area contributed by atoms with Crippen LogP contribution in [-0.4, -0.2) is 40.8 Å². The average Bonchev–Trinajstić information content (AvgIpc) is 3.59. The van der Waals surface area contributed by atoms with Crippen molar-refractivity contribution in [2.24, 2.45) is 0 Å². The normalized spacial score (nSPS) is 13.4. The molecule has 0 unspecified atom stereocenters. The Bertz CT molecular complexity index is 1080. The van der Waals surface area contributed by atoms with Crippen LogP contribution in [0.3, 0.4) is 0 Å². The molecule has 1 heterocycles. The molecule has 1 aliphatic carbocycles. The minimum atomic E-state index is -0.0704. The Hall–Kier alpha value is -3.25. The zero-order valence-electron chi connectivity index (χ0n) is 18.0. The standard InChI is InChI=1S/C25H28N4O2/c1-17-6-3-7-18(2)24(17)28-23(31)16-29(20-11-12-20)15-13-22(30)27-21-10-4-8-19-9-5-14-26-25(19)21/h3-10,14,20H,11-13,15-16H2,1-2H3,(H,27,30)(H,28,31). The third-order valence-electron chi connectivity index (χ3n) is 5.69. The SMILES string of the molecule is Cc1cccc(C)c1NC(=O)CN(CCC(=O)Nc1cccc2cccnc12)C1CC1. The summed E-state index contributed by atoms with van der Waals surface area (Å²) in [6, 6.07) is 16.0. The molecule has 160 valence electrons. The van der Waals surface area contributed by atoms with Gasteiger partial charge in [-0.2, -0.15) is 0 Å². The van der Waals surface area contributed by atoms with Gasteiger partial charge >= 0.3 is 0 Å². The van der Waals surface area contributed by atoms with E-state index in [1.807, 2.05) is 62.4 Å². The summed E-state index contributed by atoms with van der Waals surface area (Å²) >= 11 is 0. The number of anilines is 2. The third kappa shape index (κ3) is 5.27. The summed E-state index contributed by atoms with van der Waals surface area (Å²) in [6.07, 6.45) is 4.20. The van der Waals surface area contributed by atoms with Crippen molar-refractivity contribution in [2.45, 2.75) is 39.2 Å². The summed E-state index contributed by atoms with van der Waals surface area (Å²) in [7, 11) is 0. The number of rotatable bonds is 8. The van der Waals surface area contributed by atoms with Crippen LogP contribution in [0.2, 0.25) is 0 Å². The monoisotopic (exact) mass is 416 g/mol. The van der Waals surface area contributed by atoms with Gasteiger partial charge in [0.1, 0.15) is 0 Å². The molecule has 6 heteroatoms. The summed E-state index contributed by atoms with van der Waals surface area (Å²) in [5.41, 5.74) is 4.48. The van der Waals surface area contributed by atoms with Crippen molar-refractivity contribution in [2.75, 3.05) is 23.7 Å². The predicted octanol–water partition coefficient (Wildman–Crippen LogP) is 4.28. The van der Waals surface area contributed by atoms with E-state index in [1.54, 1.807) is 6.20 Å². The number of carbonyl (C=O) groups is 2. The first-order chi connectivity index (χ1) is 15.0. The maximum Gasteiger partial charge on any atom is 0.238 e. The van der Waals surface area contributed by atoms with Crippen LogP contribution in [0.1, 0.15) is 30.4 Å². The fourth-order valence-electron chi connectivity index (χ4n) is 3.87. The molecule has 0 spiro atoms. The number of hydrogen-bond acceptors (Lipinski definition) is 4. The number of pyridine rings is 1. The van der Waals surface area contributed by atoms with Crippen molar-refractivity contribution in [3.05, 3.63) is 65.9 Å². The minimum absolute atomic E-state index is 0.0389. The second kappa shape index (κ2) is 9.27. The van der Waals surface area contributed by atoms with E-state index in [4.69, 9.17) is 0 Å². The molecule has 4 rings (SSSR count). The van der Waals surface area contributed by atoms with Crippen molar-refractivity contribution < 1.29 is 9.59 Å². The van der Waals surface area contributed by atoms with Crippen molar-refractivity contribution in [3.8, 4) is 0 Å². The smallest absolute Gasteiger partial charge is 0.238 e. The molecule has 1 saturated carbocycles. The third-order valence-corrected chi connectivity index (χ3v) is 5.69. The lowest BCUT2D eigenvalue weighted by Gasteiger charge is -2.22. The van der Waals surface area contributed by atoms with E-state index in [1.165, 1.54) is 0 Å². The number of nitrogens with one attached hydrogen (secondary N) is 2. The molecule has 0 atom stereocenters. The van der Waals surface area contributed by atoms with Gasteiger partial charge in [-0.3, -0.25) is 19.5 Å². The van der Waals surface area contributed by atoms with E-state index >= 15 is 0 Å². The van der Waals surface area contributed by atoms with Crippen molar-refractivity contribution in [1.29, 1.82) is 0 Å². The molecule has 1 aliphatic rings. The van der Waals surface area contributed by atoms with Gasteiger partial charge in [-0.25, -0.2) is 0 Å². The van der Waals surface area contributed by atoms with Gasteiger partial charge in [-0.1, -0.05) is 36.4 Å². The van der Waals surface area contributed by atoms with Gasteiger partial charge in [-0.05, 0) is 49.9 Å². The zero-order valence-corrected chi connectivity index (χ0v) is 18.0. The quantitative estimate of drug-likeness (QED) is 0.575. The van der Waals surface area contributed by atoms with Crippen LogP contribution >= 0.6 is 0 Å². The second-order valence-electron chi connectivity index (χ2n) is 8.20. The molecule has 0 saturated heterocycles. The molecule has 0 bridgehead atoms. The topological polar surface area (TPSA) is 74.3 Å². The molecular formula is C25H28N4O2. The van der Waals surface area contributed by atoms with Crippen LogP contribution in [0.25, 0.3) is 10.9 Å². The van der Waals surface area contributed by atoms with E-state index in [2.05, 4.69) is 20.5 Å². The van der Waals surface area contributed by atoms with Gasteiger partial charge in [0.15, 0.2) is 0 Å². The molecule has 3 aromatic rings. The molecule has 0 radical (unpaired) electrons. The lowest BCUT2D eigenvalue weighted by atomic mass is 10.1. The lowest BCUT2D eigenvalue weighted by Crippen LogP contribution is -2.37. The van der Waals surface area contributed by atoms with Crippen LogP contribution in [0.4, 0.5) is 11.4 Å². The number of amides is 2. The Balaban J connectivity index is 1.34. The number of nitrogens with zero attached hydrogens (tertiary/aromatic N) is 2. The largest absolute Gasteiger partial charge is 0.324 e. The maximum atomic E-state index is 12.7. The van der Waals surface area contributed by atoms with Crippen LogP contribution in [-0.2, 0) is 9.59 Å². The van der Waals surface area contributed by atoms with Crippen LogP contribution < -0.4 is 10.6 Å². The van der Waals surface area contributed by atoms with Crippen LogP contribution in [0, 0.1) is 13.8 Å². The maximum absolute atomic E-state index is 12.7. The van der Waals surface area contributed by atoms with E-state index in [-0.39, 0.29) is 11.8 Å². The Morgan fingerprint density at radius 3 is 2.42 bits per heavy atom. The summed E-state index contributed by atoms with van der Waals surface area (Å²) < 4.78 is 0. The van der Waals surface area contributed by atoms with E-state index in [9.17, 15) is 9.59 Å². The summed E-state index contributed by atoms with van der Waals surface area (Å²) in [5, 5.41) is 7.02.